The van der Waals surface area contributed by atoms with E-state index in [-0.39, 0.29) is 0 Å². The van der Waals surface area contributed by atoms with E-state index >= 15 is 0 Å². The zero-order valence-electron chi connectivity index (χ0n) is 8.74. The molecular formula is C10H18N2OS. The molecule has 2 aliphatic rings. The third kappa shape index (κ3) is 2.06. The summed E-state index contributed by atoms with van der Waals surface area (Å²) in [6, 6.07) is 0. The number of piperazine rings is 1. The molecule has 1 heterocycles. The summed E-state index contributed by atoms with van der Waals surface area (Å²) in [5.74, 6) is 0.785. The van der Waals surface area contributed by atoms with Crippen LogP contribution in [0.1, 0.15) is 19.3 Å². The van der Waals surface area contributed by atoms with Gasteiger partial charge in [0.15, 0.2) is 0 Å². The molecule has 0 unspecified atom stereocenters. The summed E-state index contributed by atoms with van der Waals surface area (Å²) in [6.45, 7) is 3.91. The maximum atomic E-state index is 11.9. The second kappa shape index (κ2) is 4.53. The quantitative estimate of drug-likeness (QED) is 0.646. The highest BCUT2D eigenvalue weighted by Crippen LogP contribution is 2.28. The van der Waals surface area contributed by atoms with Gasteiger partial charge in [0, 0.05) is 32.1 Å². The zero-order chi connectivity index (χ0) is 9.97. The van der Waals surface area contributed by atoms with Gasteiger partial charge in [-0.25, -0.2) is 4.31 Å². The van der Waals surface area contributed by atoms with Gasteiger partial charge in [-0.3, -0.25) is 4.79 Å². The molecule has 0 aromatic heterocycles. The minimum absolute atomic E-state index is 0.371. The van der Waals surface area contributed by atoms with Crippen molar-refractivity contribution in [3.63, 3.8) is 0 Å². The minimum Gasteiger partial charge on any atom is -0.340 e. The van der Waals surface area contributed by atoms with Gasteiger partial charge in [-0.15, -0.1) is 0 Å². The molecule has 2 rings (SSSR count). The Hall–Kier alpha value is -0.220. The Morgan fingerprint density at radius 1 is 1.21 bits per heavy atom. The van der Waals surface area contributed by atoms with E-state index in [1.165, 1.54) is 6.42 Å². The molecule has 0 spiro atoms. The third-order valence-corrected chi connectivity index (χ3v) is 4.14. The van der Waals surface area contributed by atoms with Crippen molar-refractivity contribution in [3.8, 4) is 0 Å². The lowest BCUT2D eigenvalue weighted by atomic mass is 9.84. The van der Waals surface area contributed by atoms with Crippen LogP contribution in [-0.4, -0.2) is 47.5 Å². The molecule has 80 valence electrons. The van der Waals surface area contributed by atoms with Gasteiger partial charge in [0.2, 0.25) is 5.91 Å². The van der Waals surface area contributed by atoms with Crippen molar-refractivity contribution in [2.45, 2.75) is 19.3 Å². The second-order valence-corrected chi connectivity index (χ2v) is 4.95. The molecule has 3 nitrogen and oxygen atoms in total. The number of nitrogens with zero attached hydrogens (tertiary/aromatic N) is 2. The van der Waals surface area contributed by atoms with Gasteiger partial charge in [0.1, 0.15) is 0 Å². The molecule has 0 bridgehead atoms. The molecule has 1 saturated carbocycles. The van der Waals surface area contributed by atoms with E-state index in [0.717, 1.165) is 39.0 Å². The molecule has 1 saturated heterocycles. The van der Waals surface area contributed by atoms with E-state index in [9.17, 15) is 4.79 Å². The highest BCUT2D eigenvalue weighted by molar-refractivity contribution is 7.96. The highest BCUT2D eigenvalue weighted by atomic mass is 32.2. The third-order valence-electron chi connectivity index (χ3n) is 3.26. The molecule has 14 heavy (non-hydrogen) atoms. The SMILES string of the molecule is CSN1CCN(C(=O)C2CCC2)CC1. The molecule has 1 amide bonds. The van der Waals surface area contributed by atoms with Gasteiger partial charge in [-0.2, -0.15) is 0 Å². The highest BCUT2D eigenvalue weighted by Gasteiger charge is 2.30. The van der Waals surface area contributed by atoms with Gasteiger partial charge in [-0.1, -0.05) is 18.4 Å². The molecule has 0 atom stereocenters. The maximum Gasteiger partial charge on any atom is 0.225 e. The van der Waals surface area contributed by atoms with Crippen LogP contribution in [0.2, 0.25) is 0 Å². The van der Waals surface area contributed by atoms with Gasteiger partial charge in [0.25, 0.3) is 0 Å². The van der Waals surface area contributed by atoms with Crippen molar-refractivity contribution in [2.75, 3.05) is 32.4 Å². The first-order valence-corrected chi connectivity index (χ1v) is 6.57. The predicted octanol–water partition coefficient (Wildman–Crippen LogP) is 1.21. The Balaban J connectivity index is 1.79. The van der Waals surface area contributed by atoms with Gasteiger partial charge < -0.3 is 4.90 Å². The average molecular weight is 214 g/mol. The fourth-order valence-corrected chi connectivity index (χ4v) is 2.53. The van der Waals surface area contributed by atoms with Crippen molar-refractivity contribution in [2.24, 2.45) is 5.92 Å². The summed E-state index contributed by atoms with van der Waals surface area (Å²) in [5, 5.41) is 0. The van der Waals surface area contributed by atoms with Gasteiger partial charge >= 0.3 is 0 Å². The van der Waals surface area contributed by atoms with Crippen molar-refractivity contribution in [3.05, 3.63) is 0 Å². The Morgan fingerprint density at radius 3 is 2.29 bits per heavy atom. The first-order valence-electron chi connectivity index (χ1n) is 5.39. The molecule has 4 heteroatoms. The van der Waals surface area contributed by atoms with Crippen LogP contribution in [0.3, 0.4) is 0 Å². The molecule has 0 aromatic rings. The summed E-state index contributed by atoms with van der Waals surface area (Å²) in [4.78, 5) is 13.9. The Kier molecular flexibility index (Phi) is 3.34. The van der Waals surface area contributed by atoms with Crippen molar-refractivity contribution >= 4 is 17.9 Å². The van der Waals surface area contributed by atoms with E-state index < -0.39 is 0 Å². The lowest BCUT2D eigenvalue weighted by Crippen LogP contribution is -2.49. The van der Waals surface area contributed by atoms with E-state index in [4.69, 9.17) is 0 Å². The maximum absolute atomic E-state index is 11.9. The van der Waals surface area contributed by atoms with Crippen molar-refractivity contribution in [1.82, 2.24) is 9.21 Å². The van der Waals surface area contributed by atoms with Crippen LogP contribution >= 0.6 is 11.9 Å². The fourth-order valence-electron chi connectivity index (χ4n) is 2.00. The van der Waals surface area contributed by atoms with Crippen LogP contribution in [-0.2, 0) is 4.79 Å². The van der Waals surface area contributed by atoms with Crippen LogP contribution < -0.4 is 0 Å². The number of rotatable bonds is 2. The van der Waals surface area contributed by atoms with Crippen LogP contribution in [0.25, 0.3) is 0 Å². The van der Waals surface area contributed by atoms with Crippen LogP contribution in [0.5, 0.6) is 0 Å². The van der Waals surface area contributed by atoms with Crippen LogP contribution in [0.4, 0.5) is 0 Å². The standard InChI is InChI=1S/C10H18N2OS/c1-14-12-7-5-11(6-8-12)10(13)9-3-2-4-9/h9H,2-8H2,1H3. The van der Waals surface area contributed by atoms with Gasteiger partial charge in [0.05, 0.1) is 0 Å². The lowest BCUT2D eigenvalue weighted by molar-refractivity contribution is -0.139. The molecule has 0 radical (unpaired) electrons. The smallest absolute Gasteiger partial charge is 0.225 e. The molecule has 1 aliphatic heterocycles. The monoisotopic (exact) mass is 214 g/mol. The Bertz CT molecular complexity index is 210. The number of hydrogen-bond acceptors (Lipinski definition) is 3. The number of amides is 1. The van der Waals surface area contributed by atoms with Crippen molar-refractivity contribution < 1.29 is 4.79 Å². The summed E-state index contributed by atoms with van der Waals surface area (Å²) in [7, 11) is 0. The fraction of sp³-hybridized carbons (Fsp3) is 0.900. The summed E-state index contributed by atoms with van der Waals surface area (Å²) >= 11 is 1.78. The normalized spacial score (nSPS) is 24.8. The van der Waals surface area contributed by atoms with Crippen molar-refractivity contribution in [1.29, 1.82) is 0 Å². The van der Waals surface area contributed by atoms with Crippen LogP contribution in [0, 0.1) is 5.92 Å². The first-order chi connectivity index (χ1) is 6.81. The summed E-state index contributed by atoms with van der Waals surface area (Å²) in [6.07, 6.45) is 5.60. The van der Waals surface area contributed by atoms with Gasteiger partial charge in [-0.05, 0) is 19.1 Å². The average Bonchev–Trinajstić information content (AvgIpc) is 2.15. The molecule has 1 aliphatic carbocycles. The van der Waals surface area contributed by atoms with Crippen LogP contribution in [0.15, 0.2) is 0 Å². The number of hydrogen-bond donors (Lipinski definition) is 0. The lowest BCUT2D eigenvalue weighted by Gasteiger charge is -2.37. The Labute approximate surface area is 90.0 Å². The topological polar surface area (TPSA) is 23.6 Å². The largest absolute Gasteiger partial charge is 0.340 e. The van der Waals surface area contributed by atoms with E-state index in [0.29, 0.717) is 11.8 Å². The molecule has 2 fully saturated rings. The number of carbonyl (C=O) groups excluding carboxylic acids is 1. The van der Waals surface area contributed by atoms with E-state index in [2.05, 4.69) is 15.5 Å². The molecule has 0 N–H and O–H groups in total. The summed E-state index contributed by atoms with van der Waals surface area (Å²) < 4.78 is 2.32. The predicted molar refractivity (Wildman–Crippen MR) is 59.0 cm³/mol. The molecular weight excluding hydrogens is 196 g/mol. The van der Waals surface area contributed by atoms with E-state index in [1.807, 2.05) is 0 Å². The second-order valence-electron chi connectivity index (χ2n) is 4.06. The first kappa shape index (κ1) is 10.3. The Morgan fingerprint density at radius 2 is 1.86 bits per heavy atom. The minimum atomic E-state index is 0.371. The summed E-state index contributed by atoms with van der Waals surface area (Å²) in [5.41, 5.74) is 0. The zero-order valence-corrected chi connectivity index (χ0v) is 9.55. The van der Waals surface area contributed by atoms with E-state index in [1.54, 1.807) is 11.9 Å². The molecule has 0 aromatic carbocycles. The number of carbonyl (C=O) groups is 1.